The minimum absolute atomic E-state index is 0.338. The summed E-state index contributed by atoms with van der Waals surface area (Å²) in [5.41, 5.74) is 0. The van der Waals surface area contributed by atoms with Crippen LogP contribution in [0.5, 0.6) is 0 Å². The van der Waals surface area contributed by atoms with E-state index in [0.717, 1.165) is 0 Å². The third-order valence-electron chi connectivity index (χ3n) is 0.725. The molecular weight excluding hydrogens is 176 g/mol. The van der Waals surface area contributed by atoms with Crippen molar-refractivity contribution in [3.05, 3.63) is 0 Å². The molecule has 0 aromatic rings. The molecule has 0 aromatic heterocycles. The van der Waals surface area contributed by atoms with Crippen molar-refractivity contribution < 1.29 is 9.59 Å². The van der Waals surface area contributed by atoms with Crippen LogP contribution in [0.2, 0.25) is 0 Å². The number of hydrogen-bond donors (Lipinski definition) is 2. The van der Waals surface area contributed by atoms with E-state index in [4.69, 9.17) is 0 Å². The highest BCUT2D eigenvalue weighted by Crippen LogP contribution is 1.98. The fourth-order valence-electron chi connectivity index (χ4n) is 0.392. The first-order valence-electron chi connectivity index (χ1n) is 1.95. The Morgan fingerprint density at radius 1 is 1.50 bits per heavy atom. The van der Waals surface area contributed by atoms with Gasteiger partial charge < -0.3 is 5.32 Å². The van der Waals surface area contributed by atoms with Crippen molar-refractivity contribution in [2.24, 2.45) is 0 Å². The van der Waals surface area contributed by atoms with Crippen LogP contribution >= 0.6 is 15.9 Å². The summed E-state index contributed by atoms with van der Waals surface area (Å²) in [7, 11) is 0. The van der Waals surface area contributed by atoms with Gasteiger partial charge >= 0.3 is 6.03 Å². The van der Waals surface area contributed by atoms with E-state index in [1.807, 2.05) is 5.32 Å². The van der Waals surface area contributed by atoms with Gasteiger partial charge in [-0.05, 0) is 0 Å². The van der Waals surface area contributed by atoms with Gasteiger partial charge in [0.1, 0.15) is 0 Å². The predicted molar refractivity (Wildman–Crippen MR) is 29.4 cm³/mol. The largest absolute Gasteiger partial charge is 0.322 e. The Kier molecular flexibility index (Phi) is 1.21. The third kappa shape index (κ3) is 0.812. The second kappa shape index (κ2) is 1.74. The first kappa shape index (κ1) is 5.55. The molecule has 3 amide bonds. The zero-order valence-electron chi connectivity index (χ0n) is 3.77. The average molecular weight is 179 g/mol. The predicted octanol–water partition coefficient (Wildman–Crippen LogP) is -0.453. The molecule has 44 valence electrons. The number of urea groups is 1. The molecule has 1 saturated heterocycles. The van der Waals surface area contributed by atoms with Gasteiger partial charge in [-0.1, -0.05) is 15.9 Å². The van der Waals surface area contributed by atoms with Gasteiger partial charge in [-0.15, -0.1) is 0 Å². The number of amides is 3. The molecule has 0 aliphatic carbocycles. The third-order valence-corrected chi connectivity index (χ3v) is 1.37. The van der Waals surface area contributed by atoms with Gasteiger partial charge in [0.05, 0.1) is 0 Å². The van der Waals surface area contributed by atoms with Crippen LogP contribution in [-0.4, -0.2) is 16.9 Å². The van der Waals surface area contributed by atoms with Gasteiger partial charge in [-0.2, -0.15) is 0 Å². The minimum Gasteiger partial charge on any atom is -0.317 e. The fraction of sp³-hybridized carbons (Fsp3) is 0.333. The van der Waals surface area contributed by atoms with Crippen molar-refractivity contribution in [3.63, 3.8) is 0 Å². The Bertz CT molecular complexity index is 146. The molecule has 1 fully saturated rings. The average Bonchev–Trinajstić information content (AvgIpc) is 1.85. The summed E-state index contributed by atoms with van der Waals surface area (Å²) in [6, 6.07) is -0.447. The highest BCUT2D eigenvalue weighted by molar-refractivity contribution is 9.10. The van der Waals surface area contributed by atoms with Gasteiger partial charge in [-0.25, -0.2) is 4.79 Å². The molecule has 4 nitrogen and oxygen atoms in total. The summed E-state index contributed by atoms with van der Waals surface area (Å²) >= 11 is 2.90. The number of carbonyl (C=O) groups is 2. The maximum absolute atomic E-state index is 10.3. The molecule has 1 heterocycles. The Labute approximate surface area is 53.8 Å². The topological polar surface area (TPSA) is 58.2 Å². The summed E-state index contributed by atoms with van der Waals surface area (Å²) in [6.07, 6.45) is 0. The van der Waals surface area contributed by atoms with Crippen LogP contribution in [0.3, 0.4) is 0 Å². The van der Waals surface area contributed by atoms with Crippen LogP contribution in [0, 0.1) is 0 Å². The standard InChI is InChI=1S/C3H3BrN2O2/c4-1-2(7)6-3(8)5-1/h1H,(H2,5,6,7,8). The maximum atomic E-state index is 10.3. The summed E-state index contributed by atoms with van der Waals surface area (Å²) in [4.78, 5) is 20.0. The lowest BCUT2D eigenvalue weighted by Crippen LogP contribution is -2.22. The molecule has 8 heavy (non-hydrogen) atoms. The lowest BCUT2D eigenvalue weighted by Gasteiger charge is -1.89. The van der Waals surface area contributed by atoms with Crippen molar-refractivity contribution in [3.8, 4) is 0 Å². The molecule has 1 aliphatic rings. The molecule has 0 spiro atoms. The number of carbonyl (C=O) groups excluding carboxylic acids is 2. The number of imide groups is 1. The van der Waals surface area contributed by atoms with Gasteiger partial charge in [0, 0.05) is 0 Å². The molecule has 0 bridgehead atoms. The van der Waals surface area contributed by atoms with Crippen LogP contribution in [0.25, 0.3) is 0 Å². The monoisotopic (exact) mass is 178 g/mol. The van der Waals surface area contributed by atoms with Crippen LogP contribution in [0.1, 0.15) is 0 Å². The quantitative estimate of drug-likeness (QED) is 0.300. The molecule has 1 atom stereocenters. The van der Waals surface area contributed by atoms with E-state index in [2.05, 4.69) is 21.2 Å². The Balaban J connectivity index is 2.64. The summed E-state index contributed by atoms with van der Waals surface area (Å²) in [5.74, 6) is -0.338. The van der Waals surface area contributed by atoms with E-state index in [1.54, 1.807) is 0 Å². The smallest absolute Gasteiger partial charge is 0.317 e. The number of halogens is 1. The summed E-state index contributed by atoms with van der Waals surface area (Å²) in [6.45, 7) is 0. The molecule has 0 radical (unpaired) electrons. The molecule has 0 aromatic carbocycles. The first-order valence-corrected chi connectivity index (χ1v) is 2.87. The number of rotatable bonds is 0. The van der Waals surface area contributed by atoms with Crippen LogP contribution in [-0.2, 0) is 4.79 Å². The fourth-order valence-corrected chi connectivity index (χ4v) is 0.714. The molecule has 1 unspecified atom stereocenters. The highest BCUT2D eigenvalue weighted by Gasteiger charge is 2.25. The van der Waals surface area contributed by atoms with Gasteiger partial charge in [0.2, 0.25) is 0 Å². The Morgan fingerprint density at radius 3 is 2.25 bits per heavy atom. The van der Waals surface area contributed by atoms with Crippen molar-refractivity contribution in [1.82, 2.24) is 10.6 Å². The van der Waals surface area contributed by atoms with E-state index in [0.29, 0.717) is 0 Å². The van der Waals surface area contributed by atoms with E-state index >= 15 is 0 Å². The number of alkyl halides is 1. The minimum atomic E-state index is -0.546. The Hall–Kier alpha value is -0.580. The Morgan fingerprint density at radius 2 is 2.12 bits per heavy atom. The lowest BCUT2D eigenvalue weighted by atomic mass is 10.7. The molecule has 5 heteroatoms. The zero-order valence-corrected chi connectivity index (χ0v) is 5.36. The number of nitrogens with one attached hydrogen (secondary N) is 2. The molecule has 1 aliphatic heterocycles. The van der Waals surface area contributed by atoms with Crippen molar-refractivity contribution in [2.45, 2.75) is 4.95 Å². The zero-order chi connectivity index (χ0) is 6.15. The van der Waals surface area contributed by atoms with Gasteiger partial charge in [0.25, 0.3) is 5.91 Å². The van der Waals surface area contributed by atoms with E-state index < -0.39 is 11.0 Å². The molecule has 2 N–H and O–H groups in total. The van der Waals surface area contributed by atoms with E-state index in [1.165, 1.54) is 0 Å². The van der Waals surface area contributed by atoms with Crippen molar-refractivity contribution in [2.75, 3.05) is 0 Å². The second-order valence-corrected chi connectivity index (χ2v) is 2.24. The normalized spacial score (nSPS) is 27.4. The van der Waals surface area contributed by atoms with Crippen molar-refractivity contribution in [1.29, 1.82) is 0 Å². The second-order valence-electron chi connectivity index (χ2n) is 1.33. The van der Waals surface area contributed by atoms with Gasteiger partial charge in [0.15, 0.2) is 4.95 Å². The molecular formula is C3H3BrN2O2. The summed E-state index contributed by atoms with van der Waals surface area (Å²) < 4.78 is 0. The number of hydrogen-bond acceptors (Lipinski definition) is 2. The highest BCUT2D eigenvalue weighted by atomic mass is 79.9. The maximum Gasteiger partial charge on any atom is 0.322 e. The van der Waals surface area contributed by atoms with Gasteiger partial charge in [-0.3, -0.25) is 10.1 Å². The lowest BCUT2D eigenvalue weighted by molar-refractivity contribution is -0.118. The molecule has 1 rings (SSSR count). The summed E-state index contributed by atoms with van der Waals surface area (Å²) in [5, 5.41) is 4.31. The van der Waals surface area contributed by atoms with Crippen LogP contribution in [0.15, 0.2) is 0 Å². The van der Waals surface area contributed by atoms with Crippen LogP contribution < -0.4 is 10.6 Å². The van der Waals surface area contributed by atoms with Crippen LogP contribution in [0.4, 0.5) is 4.79 Å². The van der Waals surface area contributed by atoms with E-state index in [9.17, 15) is 9.59 Å². The first-order chi connectivity index (χ1) is 3.70. The molecule has 0 saturated carbocycles. The van der Waals surface area contributed by atoms with Crippen molar-refractivity contribution >= 4 is 27.9 Å². The van der Waals surface area contributed by atoms with E-state index in [-0.39, 0.29) is 5.91 Å². The SMILES string of the molecule is O=C1NC(=O)C(Br)N1.